The van der Waals surface area contributed by atoms with E-state index < -0.39 is 0 Å². The molecule has 3 aromatic rings. The predicted molar refractivity (Wildman–Crippen MR) is 80.1 cm³/mol. The number of hydrogen-bond donors (Lipinski definition) is 1. The third kappa shape index (κ3) is 1.97. The lowest BCUT2D eigenvalue weighted by Gasteiger charge is -2.11. The maximum atomic E-state index is 6.08. The summed E-state index contributed by atoms with van der Waals surface area (Å²) in [7, 11) is 5.09. The monoisotopic (exact) mass is 287 g/mol. The Morgan fingerprint density at radius 1 is 1.10 bits per heavy atom. The second-order valence-electron chi connectivity index (χ2n) is 4.76. The lowest BCUT2D eigenvalue weighted by molar-refractivity contribution is 0.394. The highest BCUT2D eigenvalue weighted by Gasteiger charge is 2.18. The van der Waals surface area contributed by atoms with Gasteiger partial charge in [0.2, 0.25) is 5.95 Å². The number of anilines is 1. The van der Waals surface area contributed by atoms with Crippen molar-refractivity contribution in [3.05, 3.63) is 23.9 Å². The largest absolute Gasteiger partial charge is 0.497 e. The van der Waals surface area contributed by atoms with E-state index >= 15 is 0 Å². The number of nitrogens with two attached hydrogens (primary N) is 1. The van der Waals surface area contributed by atoms with Gasteiger partial charge in [-0.25, -0.2) is 9.67 Å². The number of nitrogen functional groups attached to an aromatic ring is 1. The zero-order valence-electron chi connectivity index (χ0n) is 12.4. The third-order valence-electron chi connectivity index (χ3n) is 3.42. The molecule has 3 rings (SSSR count). The molecule has 2 heterocycles. The van der Waals surface area contributed by atoms with E-state index in [9.17, 15) is 0 Å². The van der Waals surface area contributed by atoms with Crippen LogP contribution < -0.4 is 15.2 Å². The first-order valence-corrected chi connectivity index (χ1v) is 6.46. The number of benzene rings is 1. The minimum atomic E-state index is 0.399. The average Bonchev–Trinajstić information content (AvgIpc) is 2.96. The van der Waals surface area contributed by atoms with Crippen molar-refractivity contribution in [3.8, 4) is 17.2 Å². The van der Waals surface area contributed by atoms with Gasteiger partial charge in [0.1, 0.15) is 17.0 Å². The number of nitrogens with zero attached hydrogens (tertiary/aromatic N) is 4. The molecule has 0 radical (unpaired) electrons. The molecule has 21 heavy (non-hydrogen) atoms. The van der Waals surface area contributed by atoms with Gasteiger partial charge < -0.3 is 15.2 Å². The molecular formula is C14H17N5O2. The van der Waals surface area contributed by atoms with Crippen molar-refractivity contribution >= 4 is 17.1 Å². The summed E-state index contributed by atoms with van der Waals surface area (Å²) in [4.78, 5) is 4.40. The second kappa shape index (κ2) is 4.69. The van der Waals surface area contributed by atoms with Crippen LogP contribution in [0.4, 0.5) is 5.95 Å². The number of rotatable bonds is 3. The predicted octanol–water partition coefficient (Wildman–Crippen LogP) is 1.67. The summed E-state index contributed by atoms with van der Waals surface area (Å²) in [5, 5.41) is 4.38. The smallest absolute Gasteiger partial charge is 0.207 e. The fourth-order valence-electron chi connectivity index (χ4n) is 2.47. The van der Waals surface area contributed by atoms with E-state index in [4.69, 9.17) is 15.2 Å². The summed E-state index contributed by atoms with van der Waals surface area (Å²) in [6.07, 6.45) is 0. The van der Waals surface area contributed by atoms with Gasteiger partial charge in [-0.3, -0.25) is 4.57 Å². The van der Waals surface area contributed by atoms with Crippen LogP contribution in [0.1, 0.15) is 5.69 Å². The molecule has 0 aliphatic carbocycles. The molecule has 2 N–H and O–H groups in total. The Hall–Kier alpha value is -2.70. The van der Waals surface area contributed by atoms with E-state index in [0.717, 1.165) is 22.5 Å². The van der Waals surface area contributed by atoms with E-state index in [1.54, 1.807) is 18.9 Å². The first-order valence-electron chi connectivity index (χ1n) is 6.46. The molecular weight excluding hydrogens is 270 g/mol. The average molecular weight is 287 g/mol. The Morgan fingerprint density at radius 2 is 1.71 bits per heavy atom. The van der Waals surface area contributed by atoms with Gasteiger partial charge in [-0.2, -0.15) is 5.10 Å². The molecule has 0 aliphatic rings. The molecule has 7 heteroatoms. The maximum absolute atomic E-state index is 6.08. The Balaban J connectivity index is 2.32. The SMILES string of the molecule is COc1cc(OC)cc(-n2c(N)nc3c(C)nn(C)c32)c1. The molecule has 0 unspecified atom stereocenters. The number of imidazole rings is 1. The van der Waals surface area contributed by atoms with Crippen LogP contribution >= 0.6 is 0 Å². The van der Waals surface area contributed by atoms with Crippen LogP contribution in [0.3, 0.4) is 0 Å². The van der Waals surface area contributed by atoms with Gasteiger partial charge in [-0.15, -0.1) is 0 Å². The van der Waals surface area contributed by atoms with E-state index in [1.807, 2.05) is 36.7 Å². The topological polar surface area (TPSA) is 80.1 Å². The van der Waals surface area contributed by atoms with Crippen molar-refractivity contribution in [2.75, 3.05) is 20.0 Å². The summed E-state index contributed by atoms with van der Waals surface area (Å²) >= 11 is 0. The second-order valence-corrected chi connectivity index (χ2v) is 4.76. The summed E-state index contributed by atoms with van der Waals surface area (Å²) in [6.45, 7) is 1.91. The highest BCUT2D eigenvalue weighted by Crippen LogP contribution is 2.30. The van der Waals surface area contributed by atoms with Crippen LogP contribution in [0.15, 0.2) is 18.2 Å². The van der Waals surface area contributed by atoms with Crippen LogP contribution in [0.2, 0.25) is 0 Å². The van der Waals surface area contributed by atoms with Crippen LogP contribution in [-0.2, 0) is 7.05 Å². The summed E-state index contributed by atoms with van der Waals surface area (Å²) < 4.78 is 14.2. The van der Waals surface area contributed by atoms with Gasteiger partial charge in [0.15, 0.2) is 5.65 Å². The minimum absolute atomic E-state index is 0.399. The van der Waals surface area contributed by atoms with E-state index in [-0.39, 0.29) is 0 Å². The Morgan fingerprint density at radius 3 is 2.29 bits per heavy atom. The van der Waals surface area contributed by atoms with Crippen molar-refractivity contribution in [3.63, 3.8) is 0 Å². The quantitative estimate of drug-likeness (QED) is 0.792. The maximum Gasteiger partial charge on any atom is 0.207 e. The number of aromatic nitrogens is 4. The van der Waals surface area contributed by atoms with Gasteiger partial charge in [-0.1, -0.05) is 0 Å². The van der Waals surface area contributed by atoms with E-state index in [2.05, 4.69) is 10.1 Å². The van der Waals surface area contributed by atoms with Crippen molar-refractivity contribution in [2.45, 2.75) is 6.92 Å². The van der Waals surface area contributed by atoms with Crippen molar-refractivity contribution in [1.29, 1.82) is 0 Å². The van der Waals surface area contributed by atoms with E-state index in [0.29, 0.717) is 17.4 Å². The van der Waals surface area contributed by atoms with Crippen LogP contribution in [0, 0.1) is 6.92 Å². The zero-order chi connectivity index (χ0) is 15.1. The molecule has 0 saturated heterocycles. The molecule has 0 amide bonds. The van der Waals surface area contributed by atoms with Gasteiger partial charge in [0, 0.05) is 25.2 Å². The number of hydrogen-bond acceptors (Lipinski definition) is 5. The van der Waals surface area contributed by atoms with Gasteiger partial charge in [0.05, 0.1) is 25.6 Å². The summed E-state index contributed by atoms with van der Waals surface area (Å²) in [5.41, 5.74) is 9.36. The van der Waals surface area contributed by atoms with E-state index in [1.165, 1.54) is 0 Å². The van der Waals surface area contributed by atoms with Crippen LogP contribution in [0.5, 0.6) is 11.5 Å². The number of fused-ring (bicyclic) bond motifs is 1. The fraction of sp³-hybridized carbons (Fsp3) is 0.286. The molecule has 0 bridgehead atoms. The molecule has 7 nitrogen and oxygen atoms in total. The molecule has 0 fully saturated rings. The molecule has 2 aromatic heterocycles. The highest BCUT2D eigenvalue weighted by molar-refractivity contribution is 5.80. The van der Waals surface area contributed by atoms with Gasteiger partial charge in [0.25, 0.3) is 0 Å². The van der Waals surface area contributed by atoms with Gasteiger partial charge in [-0.05, 0) is 6.92 Å². The van der Waals surface area contributed by atoms with Crippen molar-refractivity contribution in [2.24, 2.45) is 7.05 Å². The van der Waals surface area contributed by atoms with Crippen LogP contribution in [-0.4, -0.2) is 33.6 Å². The normalized spacial score (nSPS) is 11.0. The summed E-state index contributed by atoms with van der Waals surface area (Å²) in [5.74, 6) is 1.77. The molecule has 0 spiro atoms. The summed E-state index contributed by atoms with van der Waals surface area (Å²) in [6, 6.07) is 5.56. The van der Waals surface area contributed by atoms with Gasteiger partial charge >= 0.3 is 0 Å². The Labute approximate surface area is 121 Å². The first kappa shape index (κ1) is 13.3. The first-order chi connectivity index (χ1) is 10.0. The standard InChI is InChI=1S/C14H17N5O2/c1-8-12-13(18(2)17-8)19(14(15)16-12)9-5-10(20-3)7-11(6-9)21-4/h5-7H,1-4H3,(H2,15,16). The van der Waals surface area contributed by atoms with Crippen molar-refractivity contribution in [1.82, 2.24) is 19.3 Å². The lowest BCUT2D eigenvalue weighted by Crippen LogP contribution is -2.05. The molecule has 1 aromatic carbocycles. The van der Waals surface area contributed by atoms with Crippen molar-refractivity contribution < 1.29 is 9.47 Å². The molecule has 110 valence electrons. The Kier molecular flexibility index (Phi) is 2.97. The third-order valence-corrected chi connectivity index (χ3v) is 3.42. The fourth-order valence-corrected chi connectivity index (χ4v) is 2.47. The molecule has 0 atom stereocenters. The molecule has 0 aliphatic heterocycles. The number of ether oxygens (including phenoxy) is 2. The zero-order valence-corrected chi connectivity index (χ0v) is 12.4. The highest BCUT2D eigenvalue weighted by atomic mass is 16.5. The molecule has 0 saturated carbocycles. The number of methoxy groups -OCH3 is 2. The minimum Gasteiger partial charge on any atom is -0.497 e. The lowest BCUT2D eigenvalue weighted by atomic mass is 10.2. The number of aryl methyl sites for hydroxylation is 2. The Bertz CT molecular complexity index is 796. The van der Waals surface area contributed by atoms with Crippen LogP contribution in [0.25, 0.3) is 16.9 Å².